The Morgan fingerprint density at radius 1 is 0.327 bits per heavy atom. The molecule has 0 saturated heterocycles. The van der Waals surface area contributed by atoms with E-state index in [0.717, 1.165) is 117 Å². The second-order valence-electron chi connectivity index (χ2n) is 29.9. The molecule has 0 bridgehead atoms. The maximum Gasteiger partial charge on any atom is 0.256 e. The molecule has 0 unspecified atom stereocenters. The fourth-order valence-corrected chi connectivity index (χ4v) is 18.6. The number of fused-ring (bicyclic) bond motifs is 17. The lowest BCUT2D eigenvalue weighted by Crippen LogP contribution is -2.64. The van der Waals surface area contributed by atoms with Crippen molar-refractivity contribution in [1.82, 2.24) is 9.13 Å². The molecule has 14 aromatic carbocycles. The van der Waals surface area contributed by atoms with Gasteiger partial charge < -0.3 is 28.1 Å². The number of anilines is 6. The third-order valence-corrected chi connectivity index (χ3v) is 23.2. The van der Waals surface area contributed by atoms with Gasteiger partial charge in [-0.15, -0.1) is 0 Å². The first kappa shape index (κ1) is 58.3. The number of hydrogen-bond donors (Lipinski definition) is 0. The average Bonchev–Trinajstić information content (AvgIpc) is 1.12. The summed E-state index contributed by atoms with van der Waals surface area (Å²) in [6.07, 6.45) is 0. The van der Waals surface area contributed by atoms with Gasteiger partial charge in [-0.3, -0.25) is 0 Å². The van der Waals surface area contributed by atoms with Crippen LogP contribution in [0.4, 0.5) is 34.1 Å². The van der Waals surface area contributed by atoms with Crippen LogP contribution in [0.5, 0.6) is 11.5 Å². The van der Waals surface area contributed by atoms with Crippen molar-refractivity contribution < 1.29 is 9.15 Å². The summed E-state index contributed by atoms with van der Waals surface area (Å²) in [5.41, 5.74) is 29.0. The van der Waals surface area contributed by atoms with Crippen molar-refractivity contribution in [3.8, 4) is 45.1 Å². The van der Waals surface area contributed by atoms with E-state index in [9.17, 15) is 0 Å². The van der Waals surface area contributed by atoms with Crippen molar-refractivity contribution >= 4 is 158 Å². The van der Waals surface area contributed by atoms with Crippen molar-refractivity contribution in [1.29, 1.82) is 0 Å². The second kappa shape index (κ2) is 21.4. The molecule has 0 spiro atoms. The normalized spacial score (nSPS) is 13.6. The summed E-state index contributed by atoms with van der Waals surface area (Å²) in [5.74, 6) is 1.71. The van der Waals surface area contributed by atoms with Crippen LogP contribution in [0.15, 0.2) is 305 Å². The lowest BCUT2D eigenvalue weighted by molar-refractivity contribution is 0.483. The first-order valence-electron chi connectivity index (χ1n) is 35.3. The number of para-hydroxylation sites is 7. The minimum absolute atomic E-state index is 0.188. The highest BCUT2D eigenvalue weighted by Gasteiger charge is 2.49. The van der Waals surface area contributed by atoms with E-state index >= 15 is 0 Å². The number of benzene rings is 14. The van der Waals surface area contributed by atoms with E-state index in [2.05, 4.69) is 352 Å². The van der Waals surface area contributed by atoms with Gasteiger partial charge in [0, 0.05) is 93.4 Å². The average molecular weight is 1310 g/mol. The molecule has 0 fully saturated rings. The zero-order chi connectivity index (χ0) is 67.3. The predicted molar refractivity (Wildman–Crippen MR) is 426 cm³/mol. The summed E-state index contributed by atoms with van der Waals surface area (Å²) in [6.45, 7) is 13.6. The lowest BCUT2D eigenvalue weighted by Gasteiger charge is -2.45. The molecule has 7 heterocycles. The van der Waals surface area contributed by atoms with E-state index in [-0.39, 0.29) is 24.3 Å². The molecule has 3 aromatic heterocycles. The van der Waals surface area contributed by atoms with Gasteiger partial charge in [0.1, 0.15) is 17.1 Å². The minimum Gasteiger partial charge on any atom is -0.458 e. The summed E-state index contributed by atoms with van der Waals surface area (Å²) < 4.78 is 19.8. The third kappa shape index (κ3) is 8.57. The highest BCUT2D eigenvalue weighted by molar-refractivity contribution is 8.00. The molecule has 478 valence electrons. The molecule has 0 saturated carbocycles. The molecule has 0 amide bonds. The lowest BCUT2D eigenvalue weighted by atomic mass is 9.31. The number of hydrogen-bond acceptors (Lipinski definition) is 5. The predicted octanol–water partition coefficient (Wildman–Crippen LogP) is 20.9. The summed E-state index contributed by atoms with van der Waals surface area (Å²) in [4.78, 5) is 7.77. The van der Waals surface area contributed by atoms with Crippen molar-refractivity contribution in [2.45, 2.75) is 62.2 Å². The molecule has 4 aliphatic rings. The Morgan fingerprint density at radius 3 is 1.41 bits per heavy atom. The molecular weight excluding hydrogens is 1250 g/mol. The van der Waals surface area contributed by atoms with Gasteiger partial charge in [0.05, 0.1) is 33.4 Å². The van der Waals surface area contributed by atoms with Gasteiger partial charge in [-0.05, 0) is 145 Å². The van der Waals surface area contributed by atoms with Crippen LogP contribution in [0.3, 0.4) is 0 Å². The van der Waals surface area contributed by atoms with Crippen LogP contribution in [0, 0.1) is 0 Å². The van der Waals surface area contributed by atoms with Crippen LogP contribution in [0.2, 0.25) is 0 Å². The Balaban J connectivity index is 0.902. The van der Waals surface area contributed by atoms with Gasteiger partial charge in [0.2, 0.25) is 6.71 Å². The Hall–Kier alpha value is -11.6. The SMILES string of the molecule is CC(C)(C)c1cc2c3c(c1)N(c1cccc4c1oc1ccccc14)c1cc4c(cc1B3c1ccc(-n3c5ccccc5c5ccccc53)cc1O2)B1c2ccc(-n3c5ccccc5c5ccccc53)cc2Sc2cc(C(C)(C)C)cc(c21)N4c1c(-c2ccccc2)cccc1-c1ccccc1. The Morgan fingerprint density at radius 2 is 0.812 bits per heavy atom. The molecule has 21 rings (SSSR count). The van der Waals surface area contributed by atoms with Gasteiger partial charge in [-0.2, -0.15) is 0 Å². The molecule has 0 radical (unpaired) electrons. The number of ether oxygens (including phenoxy) is 1. The zero-order valence-corrected chi connectivity index (χ0v) is 57.7. The van der Waals surface area contributed by atoms with E-state index in [0.29, 0.717) is 0 Å². The molecular formula is C92H66B2N4O2S. The van der Waals surface area contributed by atoms with Crippen LogP contribution >= 0.6 is 11.8 Å². The fourth-order valence-electron chi connectivity index (χ4n) is 17.4. The maximum absolute atomic E-state index is 7.67. The fraction of sp³-hybridized carbons (Fsp3) is 0.0870. The van der Waals surface area contributed by atoms with E-state index in [1.165, 1.54) is 81.0 Å². The van der Waals surface area contributed by atoms with Crippen LogP contribution < -0.4 is 47.3 Å². The van der Waals surface area contributed by atoms with Crippen LogP contribution in [-0.4, -0.2) is 22.6 Å². The highest BCUT2D eigenvalue weighted by Crippen LogP contribution is 2.54. The molecule has 0 aliphatic carbocycles. The molecule has 6 nitrogen and oxygen atoms in total. The standard InChI is InChI=1S/C92H66B2N4O2S/c1-91(2,3)57-47-80-87-84(49-57)99-83-51-59(95-73-37-18-13-29-63(73)64-30-14-19-38-74(64)95)43-45-69(83)93(87)71-53-72-79(54-78(71)97(80)77-41-24-36-68-67-33-17-22-42-82(67)100-90(68)77)98(89-61(55-25-9-7-10-26-55)34-23-35-62(89)56-27-11-8-12-28-56)81-48-58(92(4,5)6)50-86-88(81)94(72)70-46-44-60(52-85(70)101-86)96-75-39-20-15-31-65(75)66-32-16-21-40-76(66)96/h7-54H,1-6H3. The molecule has 4 aliphatic heterocycles. The smallest absolute Gasteiger partial charge is 0.256 e. The Kier molecular flexibility index (Phi) is 12.4. The van der Waals surface area contributed by atoms with Gasteiger partial charge in [0.25, 0.3) is 6.71 Å². The summed E-state index contributed by atoms with van der Waals surface area (Å²) in [5, 5.41) is 7.09. The van der Waals surface area contributed by atoms with E-state index in [4.69, 9.17) is 9.15 Å². The van der Waals surface area contributed by atoms with Crippen molar-refractivity contribution in [3.05, 3.63) is 302 Å². The molecule has 0 atom stereocenters. The molecule has 17 aromatic rings. The van der Waals surface area contributed by atoms with Crippen molar-refractivity contribution in [2.75, 3.05) is 9.80 Å². The molecule has 0 N–H and O–H groups in total. The quantitative estimate of drug-likeness (QED) is 0.155. The molecule has 101 heavy (non-hydrogen) atoms. The van der Waals surface area contributed by atoms with Crippen molar-refractivity contribution in [3.63, 3.8) is 0 Å². The Labute approximate surface area is 591 Å². The second-order valence-corrected chi connectivity index (χ2v) is 31.0. The first-order chi connectivity index (χ1) is 49.4. The van der Waals surface area contributed by atoms with E-state index in [1.807, 2.05) is 11.8 Å². The zero-order valence-electron chi connectivity index (χ0n) is 56.9. The number of nitrogens with zero attached hydrogens (tertiary/aromatic N) is 4. The number of furan rings is 1. The van der Waals surface area contributed by atoms with E-state index in [1.54, 1.807) is 0 Å². The van der Waals surface area contributed by atoms with Gasteiger partial charge in [0.15, 0.2) is 5.58 Å². The third-order valence-electron chi connectivity index (χ3n) is 22.1. The summed E-state index contributed by atoms with van der Waals surface area (Å²) in [6, 6.07) is 109. The molecule has 9 heteroatoms. The topological polar surface area (TPSA) is 38.7 Å². The first-order valence-corrected chi connectivity index (χ1v) is 36.1. The summed E-state index contributed by atoms with van der Waals surface area (Å²) in [7, 11) is 0. The number of rotatable bonds is 6. The van der Waals surface area contributed by atoms with Gasteiger partial charge in [-0.1, -0.05) is 259 Å². The van der Waals surface area contributed by atoms with Gasteiger partial charge in [-0.25, -0.2) is 0 Å². The van der Waals surface area contributed by atoms with Crippen LogP contribution in [-0.2, 0) is 10.8 Å². The van der Waals surface area contributed by atoms with E-state index < -0.39 is 0 Å². The van der Waals surface area contributed by atoms with Crippen LogP contribution in [0.25, 0.3) is 99.2 Å². The number of aromatic nitrogens is 2. The Bertz CT molecular complexity index is 6250. The minimum atomic E-state index is -0.269. The largest absolute Gasteiger partial charge is 0.458 e. The summed E-state index contributed by atoms with van der Waals surface area (Å²) >= 11 is 1.93. The monoisotopic (exact) mass is 1310 g/mol. The van der Waals surface area contributed by atoms with Crippen LogP contribution in [0.1, 0.15) is 52.7 Å². The van der Waals surface area contributed by atoms with Crippen molar-refractivity contribution in [2.24, 2.45) is 0 Å². The maximum atomic E-state index is 7.67. The highest BCUT2D eigenvalue weighted by atomic mass is 32.2. The van der Waals surface area contributed by atoms with Gasteiger partial charge >= 0.3 is 0 Å².